The first-order valence-corrected chi connectivity index (χ1v) is 5.71. The predicted molar refractivity (Wildman–Crippen MR) is 64.8 cm³/mol. The first-order chi connectivity index (χ1) is 8.08. The van der Waals surface area contributed by atoms with E-state index in [1.165, 1.54) is 0 Å². The molecule has 0 aliphatic carbocycles. The highest BCUT2D eigenvalue weighted by molar-refractivity contribution is 5.44. The van der Waals surface area contributed by atoms with Crippen LogP contribution < -0.4 is 10.6 Å². The van der Waals surface area contributed by atoms with Crippen LogP contribution in [0.5, 0.6) is 0 Å². The second kappa shape index (κ2) is 4.85. The van der Waals surface area contributed by atoms with Gasteiger partial charge in [-0.25, -0.2) is 4.98 Å². The molecule has 2 rings (SSSR count). The molecule has 0 bridgehead atoms. The van der Waals surface area contributed by atoms with E-state index in [-0.39, 0.29) is 24.8 Å². The molecule has 1 aromatic rings. The summed E-state index contributed by atoms with van der Waals surface area (Å²) in [6.45, 7) is 5.24. The Bertz CT molecular complexity index is 379. The second-order valence-electron chi connectivity index (χ2n) is 4.38. The fourth-order valence-corrected chi connectivity index (χ4v) is 2.07. The van der Waals surface area contributed by atoms with Crippen molar-refractivity contribution >= 4 is 11.8 Å². The quantitative estimate of drug-likeness (QED) is 0.751. The molecule has 1 aromatic heterocycles. The minimum atomic E-state index is -0.171. The van der Waals surface area contributed by atoms with Gasteiger partial charge in [-0.1, -0.05) is 0 Å². The molecule has 1 fully saturated rings. The SMILES string of the molecule is Cc1cc(N2CC(C)OC(CO)C2)nc(N)n1. The Morgan fingerprint density at radius 2 is 2.29 bits per heavy atom. The lowest BCUT2D eigenvalue weighted by Crippen LogP contribution is -2.48. The summed E-state index contributed by atoms with van der Waals surface area (Å²) < 4.78 is 5.58. The van der Waals surface area contributed by atoms with Crippen molar-refractivity contribution in [2.45, 2.75) is 26.1 Å². The zero-order valence-corrected chi connectivity index (χ0v) is 10.1. The monoisotopic (exact) mass is 238 g/mol. The fourth-order valence-electron chi connectivity index (χ4n) is 2.07. The number of aliphatic hydroxyl groups excluding tert-OH is 1. The van der Waals surface area contributed by atoms with Crippen molar-refractivity contribution < 1.29 is 9.84 Å². The van der Waals surface area contributed by atoms with E-state index < -0.39 is 0 Å². The summed E-state index contributed by atoms with van der Waals surface area (Å²) in [6, 6.07) is 1.89. The Morgan fingerprint density at radius 1 is 1.53 bits per heavy atom. The largest absolute Gasteiger partial charge is 0.394 e. The molecule has 6 heteroatoms. The summed E-state index contributed by atoms with van der Waals surface area (Å²) in [7, 11) is 0. The molecular formula is C11H18N4O2. The number of aromatic nitrogens is 2. The van der Waals surface area contributed by atoms with Crippen LogP contribution in [0.3, 0.4) is 0 Å². The van der Waals surface area contributed by atoms with Gasteiger partial charge in [-0.3, -0.25) is 0 Å². The summed E-state index contributed by atoms with van der Waals surface area (Å²) in [6.07, 6.45) is -0.104. The molecule has 94 valence electrons. The molecule has 0 saturated carbocycles. The number of anilines is 2. The lowest BCUT2D eigenvalue weighted by Gasteiger charge is -2.36. The van der Waals surface area contributed by atoms with Crippen LogP contribution in [0, 0.1) is 6.92 Å². The molecule has 1 saturated heterocycles. The lowest BCUT2D eigenvalue weighted by molar-refractivity contribution is -0.0423. The van der Waals surface area contributed by atoms with E-state index in [2.05, 4.69) is 14.9 Å². The smallest absolute Gasteiger partial charge is 0.222 e. The summed E-state index contributed by atoms with van der Waals surface area (Å²) in [5.41, 5.74) is 6.48. The van der Waals surface area contributed by atoms with Crippen LogP contribution >= 0.6 is 0 Å². The first-order valence-electron chi connectivity index (χ1n) is 5.71. The van der Waals surface area contributed by atoms with Gasteiger partial charge in [0, 0.05) is 24.8 Å². The van der Waals surface area contributed by atoms with Crippen molar-refractivity contribution in [1.82, 2.24) is 9.97 Å². The minimum absolute atomic E-state index is 0.0143. The maximum Gasteiger partial charge on any atom is 0.222 e. The molecule has 3 N–H and O–H groups in total. The van der Waals surface area contributed by atoms with E-state index in [0.29, 0.717) is 6.54 Å². The molecule has 2 heterocycles. The Labute approximate surface area is 100 Å². The van der Waals surface area contributed by atoms with E-state index in [9.17, 15) is 5.11 Å². The topological polar surface area (TPSA) is 84.5 Å². The highest BCUT2D eigenvalue weighted by Crippen LogP contribution is 2.19. The maximum absolute atomic E-state index is 9.17. The van der Waals surface area contributed by atoms with E-state index >= 15 is 0 Å². The number of rotatable bonds is 2. The third kappa shape index (κ3) is 2.83. The molecule has 17 heavy (non-hydrogen) atoms. The van der Waals surface area contributed by atoms with E-state index in [1.807, 2.05) is 19.9 Å². The Balaban J connectivity index is 2.20. The van der Waals surface area contributed by atoms with E-state index in [1.54, 1.807) is 0 Å². The fraction of sp³-hybridized carbons (Fsp3) is 0.636. The van der Waals surface area contributed by atoms with Gasteiger partial charge in [0.15, 0.2) is 0 Å². The summed E-state index contributed by atoms with van der Waals surface area (Å²) in [4.78, 5) is 10.3. The minimum Gasteiger partial charge on any atom is -0.394 e. The standard InChI is InChI=1S/C11H18N4O2/c1-7-3-10(14-11(12)13-7)15-4-8(2)17-9(5-15)6-16/h3,8-9,16H,4-6H2,1-2H3,(H2,12,13,14). The van der Waals surface area contributed by atoms with Crippen LogP contribution in [0.25, 0.3) is 0 Å². The van der Waals surface area contributed by atoms with Crippen LogP contribution in [-0.4, -0.2) is 47.0 Å². The lowest BCUT2D eigenvalue weighted by atomic mass is 10.2. The van der Waals surface area contributed by atoms with Crippen molar-refractivity contribution in [2.75, 3.05) is 30.3 Å². The third-order valence-electron chi connectivity index (χ3n) is 2.71. The van der Waals surface area contributed by atoms with Crippen LogP contribution in [0.4, 0.5) is 11.8 Å². The van der Waals surface area contributed by atoms with Crippen molar-refractivity contribution in [2.24, 2.45) is 0 Å². The maximum atomic E-state index is 9.17. The van der Waals surface area contributed by atoms with Gasteiger partial charge in [-0.15, -0.1) is 0 Å². The van der Waals surface area contributed by atoms with E-state index in [0.717, 1.165) is 18.1 Å². The average Bonchev–Trinajstić information content (AvgIpc) is 2.26. The number of ether oxygens (including phenoxy) is 1. The molecule has 2 unspecified atom stereocenters. The van der Waals surface area contributed by atoms with Crippen molar-refractivity contribution in [3.8, 4) is 0 Å². The molecule has 1 aliphatic heterocycles. The number of nitrogens with zero attached hydrogens (tertiary/aromatic N) is 3. The molecule has 0 amide bonds. The van der Waals surface area contributed by atoms with E-state index in [4.69, 9.17) is 10.5 Å². The van der Waals surface area contributed by atoms with Gasteiger partial charge in [-0.2, -0.15) is 4.98 Å². The van der Waals surface area contributed by atoms with Crippen molar-refractivity contribution in [1.29, 1.82) is 0 Å². The molecule has 0 aromatic carbocycles. The summed E-state index contributed by atoms with van der Waals surface area (Å²) in [5, 5.41) is 9.17. The molecule has 0 spiro atoms. The molecule has 1 aliphatic rings. The van der Waals surface area contributed by atoms with Gasteiger partial charge in [0.2, 0.25) is 5.95 Å². The Morgan fingerprint density at radius 3 is 2.94 bits per heavy atom. The van der Waals surface area contributed by atoms with Gasteiger partial charge in [0.1, 0.15) is 5.82 Å². The number of aliphatic hydroxyl groups is 1. The van der Waals surface area contributed by atoms with Gasteiger partial charge >= 0.3 is 0 Å². The molecule has 6 nitrogen and oxygen atoms in total. The normalized spacial score (nSPS) is 25.0. The Hall–Kier alpha value is -1.40. The third-order valence-corrected chi connectivity index (χ3v) is 2.71. The number of nitrogens with two attached hydrogens (primary N) is 1. The molecule has 2 atom stereocenters. The summed E-state index contributed by atoms with van der Waals surface area (Å²) >= 11 is 0. The number of aryl methyl sites for hydroxylation is 1. The van der Waals surface area contributed by atoms with Gasteiger partial charge < -0.3 is 20.5 Å². The number of hydrogen-bond donors (Lipinski definition) is 2. The van der Waals surface area contributed by atoms with Crippen LogP contribution in [0.15, 0.2) is 6.07 Å². The van der Waals surface area contributed by atoms with Crippen molar-refractivity contribution in [3.05, 3.63) is 11.8 Å². The number of hydrogen-bond acceptors (Lipinski definition) is 6. The molecule has 0 radical (unpaired) electrons. The van der Waals surface area contributed by atoms with Crippen LogP contribution in [-0.2, 0) is 4.74 Å². The zero-order chi connectivity index (χ0) is 12.4. The predicted octanol–water partition coefficient (Wildman–Crippen LogP) is -0.0468. The summed E-state index contributed by atoms with van der Waals surface area (Å²) in [5.74, 6) is 1.07. The zero-order valence-electron chi connectivity index (χ0n) is 10.1. The Kier molecular flexibility index (Phi) is 3.44. The highest BCUT2D eigenvalue weighted by Gasteiger charge is 2.25. The van der Waals surface area contributed by atoms with Gasteiger partial charge in [0.25, 0.3) is 0 Å². The van der Waals surface area contributed by atoms with Crippen LogP contribution in [0.2, 0.25) is 0 Å². The van der Waals surface area contributed by atoms with Crippen molar-refractivity contribution in [3.63, 3.8) is 0 Å². The highest BCUT2D eigenvalue weighted by atomic mass is 16.5. The van der Waals surface area contributed by atoms with Gasteiger partial charge in [0.05, 0.1) is 18.8 Å². The van der Waals surface area contributed by atoms with Gasteiger partial charge in [-0.05, 0) is 13.8 Å². The molecular weight excluding hydrogens is 220 g/mol. The first kappa shape index (κ1) is 12.1. The second-order valence-corrected chi connectivity index (χ2v) is 4.38. The number of morpholine rings is 1. The number of nitrogen functional groups attached to an aromatic ring is 1. The average molecular weight is 238 g/mol. The van der Waals surface area contributed by atoms with Crippen LogP contribution in [0.1, 0.15) is 12.6 Å².